The summed E-state index contributed by atoms with van der Waals surface area (Å²) in [5.74, 6) is -0.991. The van der Waals surface area contributed by atoms with Crippen molar-refractivity contribution in [1.82, 2.24) is 10.2 Å². The molecule has 0 fully saturated rings. The average Bonchev–Trinajstić information content (AvgIpc) is 2.71. The number of hydrogen-bond acceptors (Lipinski definition) is 4. The van der Waals surface area contributed by atoms with Crippen LogP contribution in [0.2, 0.25) is 0 Å². The minimum absolute atomic E-state index is 0.0127. The first-order valence-corrected chi connectivity index (χ1v) is 11.0. The van der Waals surface area contributed by atoms with Crippen LogP contribution in [0.4, 0.5) is 9.18 Å². The minimum Gasteiger partial charge on any atom is -0.465 e. The molecule has 0 aromatic heterocycles. The average molecular weight is 434 g/mol. The molecule has 0 radical (unpaired) electrons. The lowest BCUT2D eigenvalue weighted by Gasteiger charge is -2.26. The summed E-state index contributed by atoms with van der Waals surface area (Å²) in [5.41, 5.74) is 1.85. The number of likely N-dealkylation sites (N-methyl/N-ethyl adjacent to an activating group) is 1. The highest BCUT2D eigenvalue weighted by Gasteiger charge is 2.25. The van der Waals surface area contributed by atoms with Crippen LogP contribution >= 0.6 is 0 Å². The Kier molecular flexibility index (Phi) is 6.40. The molecule has 7 nitrogen and oxygen atoms in total. The van der Waals surface area contributed by atoms with Crippen molar-refractivity contribution in [2.75, 3.05) is 20.1 Å². The van der Waals surface area contributed by atoms with Crippen LogP contribution in [0, 0.1) is 5.82 Å². The molecule has 1 atom stereocenters. The van der Waals surface area contributed by atoms with E-state index in [1.807, 2.05) is 0 Å². The zero-order valence-electron chi connectivity index (χ0n) is 16.5. The molecular weight excluding hydrogens is 411 g/mol. The van der Waals surface area contributed by atoms with E-state index in [1.165, 1.54) is 31.3 Å². The first-order chi connectivity index (χ1) is 14.2. The normalized spacial score (nSPS) is 15.9. The monoisotopic (exact) mass is 434 g/mol. The zero-order chi connectivity index (χ0) is 21.9. The van der Waals surface area contributed by atoms with Gasteiger partial charge in [0.1, 0.15) is 12.4 Å². The molecule has 2 aromatic rings. The standard InChI is InChI=1S/C21H23FN2O5S/c1-24(21(26)27)13-20(25)23-12-15-5-2-4-14-10-18(8-9-19(14)15)30(28,29)17-7-3-6-16(22)11-17/h3,6-11,15H,2,4-5,12-13H2,1H3,(H,23,25)(H,26,27). The molecule has 0 bridgehead atoms. The number of fused-ring (bicyclic) bond motifs is 1. The number of halogens is 1. The number of benzene rings is 2. The highest BCUT2D eigenvalue weighted by Crippen LogP contribution is 2.34. The van der Waals surface area contributed by atoms with Gasteiger partial charge in [0.2, 0.25) is 15.7 Å². The molecule has 0 saturated carbocycles. The van der Waals surface area contributed by atoms with Crippen LogP contribution in [0.5, 0.6) is 0 Å². The Bertz CT molecular complexity index is 1070. The van der Waals surface area contributed by atoms with Gasteiger partial charge in [0, 0.05) is 19.5 Å². The number of carbonyl (C=O) groups excluding carboxylic acids is 1. The maximum absolute atomic E-state index is 13.5. The van der Waals surface area contributed by atoms with Gasteiger partial charge in [0.15, 0.2) is 0 Å². The van der Waals surface area contributed by atoms with E-state index in [2.05, 4.69) is 5.32 Å². The number of nitrogens with one attached hydrogen (secondary N) is 1. The number of carbonyl (C=O) groups is 2. The lowest BCUT2D eigenvalue weighted by Crippen LogP contribution is -2.39. The Morgan fingerprint density at radius 3 is 2.63 bits per heavy atom. The molecule has 0 spiro atoms. The van der Waals surface area contributed by atoms with Gasteiger partial charge in [0.25, 0.3) is 0 Å². The summed E-state index contributed by atoms with van der Waals surface area (Å²) >= 11 is 0. The largest absolute Gasteiger partial charge is 0.465 e. The Morgan fingerprint density at radius 2 is 1.93 bits per heavy atom. The SMILES string of the molecule is CN(CC(=O)NCC1CCCc2cc(S(=O)(=O)c3cccc(F)c3)ccc21)C(=O)O. The fourth-order valence-corrected chi connectivity index (χ4v) is 4.96. The second-order valence-corrected chi connectivity index (χ2v) is 9.30. The van der Waals surface area contributed by atoms with E-state index in [-0.39, 0.29) is 22.3 Å². The topological polar surface area (TPSA) is 104 Å². The maximum atomic E-state index is 13.5. The number of carboxylic acid groups (broad SMARTS) is 1. The third-order valence-corrected chi connectivity index (χ3v) is 6.97. The third-order valence-electron chi connectivity index (χ3n) is 5.22. The molecule has 0 heterocycles. The van der Waals surface area contributed by atoms with Gasteiger partial charge in [0.05, 0.1) is 9.79 Å². The Morgan fingerprint density at radius 1 is 1.20 bits per heavy atom. The van der Waals surface area contributed by atoms with E-state index in [1.54, 1.807) is 12.1 Å². The van der Waals surface area contributed by atoms with Crippen molar-refractivity contribution < 1.29 is 27.5 Å². The predicted octanol–water partition coefficient (Wildman–Crippen LogP) is 2.80. The number of hydrogen-bond donors (Lipinski definition) is 2. The number of amides is 2. The Hall–Kier alpha value is -2.94. The number of rotatable bonds is 6. The van der Waals surface area contributed by atoms with Crippen molar-refractivity contribution >= 4 is 21.8 Å². The first-order valence-electron chi connectivity index (χ1n) is 9.52. The van der Waals surface area contributed by atoms with E-state index >= 15 is 0 Å². The Balaban J connectivity index is 1.76. The van der Waals surface area contributed by atoms with E-state index < -0.39 is 27.7 Å². The summed E-state index contributed by atoms with van der Waals surface area (Å²) in [6, 6.07) is 9.81. The molecule has 2 amide bonds. The van der Waals surface area contributed by atoms with Crippen LogP contribution in [-0.2, 0) is 21.1 Å². The minimum atomic E-state index is -3.83. The molecule has 30 heavy (non-hydrogen) atoms. The van der Waals surface area contributed by atoms with Crippen LogP contribution in [0.15, 0.2) is 52.3 Å². The molecular formula is C21H23FN2O5S. The van der Waals surface area contributed by atoms with Gasteiger partial charge >= 0.3 is 6.09 Å². The Labute approximate surface area is 174 Å². The van der Waals surface area contributed by atoms with Gasteiger partial charge in [-0.25, -0.2) is 17.6 Å². The number of nitrogens with zero attached hydrogens (tertiary/aromatic N) is 1. The fourth-order valence-electron chi connectivity index (χ4n) is 3.62. The molecule has 1 aliphatic carbocycles. The van der Waals surface area contributed by atoms with Gasteiger partial charge in [-0.05, 0) is 60.7 Å². The smallest absolute Gasteiger partial charge is 0.407 e. The van der Waals surface area contributed by atoms with Crippen LogP contribution in [0.25, 0.3) is 0 Å². The second kappa shape index (κ2) is 8.83. The maximum Gasteiger partial charge on any atom is 0.407 e. The summed E-state index contributed by atoms with van der Waals surface area (Å²) in [6.45, 7) is 0.0923. The van der Waals surface area contributed by atoms with Gasteiger partial charge in [-0.15, -0.1) is 0 Å². The van der Waals surface area contributed by atoms with E-state index in [0.717, 1.165) is 34.9 Å². The van der Waals surface area contributed by atoms with Gasteiger partial charge in [-0.3, -0.25) is 4.79 Å². The van der Waals surface area contributed by atoms with Crippen molar-refractivity contribution in [1.29, 1.82) is 0 Å². The highest BCUT2D eigenvalue weighted by molar-refractivity contribution is 7.91. The van der Waals surface area contributed by atoms with Crippen LogP contribution < -0.4 is 5.32 Å². The lowest BCUT2D eigenvalue weighted by molar-refractivity contribution is -0.121. The molecule has 1 unspecified atom stereocenters. The van der Waals surface area contributed by atoms with E-state index in [4.69, 9.17) is 5.11 Å². The van der Waals surface area contributed by atoms with Gasteiger partial charge in [-0.1, -0.05) is 12.1 Å². The molecule has 9 heteroatoms. The van der Waals surface area contributed by atoms with E-state index in [0.29, 0.717) is 13.0 Å². The first kappa shape index (κ1) is 21.8. The van der Waals surface area contributed by atoms with Gasteiger partial charge in [-0.2, -0.15) is 0 Å². The summed E-state index contributed by atoms with van der Waals surface area (Å²) in [7, 11) is -2.51. The molecule has 2 aromatic carbocycles. The summed E-state index contributed by atoms with van der Waals surface area (Å²) in [5, 5.41) is 11.6. The van der Waals surface area contributed by atoms with Crippen LogP contribution in [0.3, 0.4) is 0 Å². The van der Waals surface area contributed by atoms with Crippen molar-refractivity contribution in [2.45, 2.75) is 35.0 Å². The van der Waals surface area contributed by atoms with Crippen molar-refractivity contribution in [2.24, 2.45) is 0 Å². The summed E-state index contributed by atoms with van der Waals surface area (Å²) in [6.07, 6.45) is 1.21. The number of sulfone groups is 1. The fraction of sp³-hybridized carbons (Fsp3) is 0.333. The molecule has 1 aliphatic rings. The molecule has 3 rings (SSSR count). The molecule has 2 N–H and O–H groups in total. The van der Waals surface area contributed by atoms with E-state index in [9.17, 15) is 22.4 Å². The summed E-state index contributed by atoms with van der Waals surface area (Å²) in [4.78, 5) is 23.7. The van der Waals surface area contributed by atoms with Crippen molar-refractivity contribution in [3.05, 3.63) is 59.4 Å². The molecule has 0 aliphatic heterocycles. The second-order valence-electron chi connectivity index (χ2n) is 7.35. The molecule has 160 valence electrons. The predicted molar refractivity (Wildman–Crippen MR) is 108 cm³/mol. The third kappa shape index (κ3) is 4.79. The van der Waals surface area contributed by atoms with Crippen LogP contribution in [0.1, 0.15) is 29.9 Å². The highest BCUT2D eigenvalue weighted by atomic mass is 32.2. The van der Waals surface area contributed by atoms with Crippen molar-refractivity contribution in [3.63, 3.8) is 0 Å². The lowest BCUT2D eigenvalue weighted by atomic mass is 9.83. The van der Waals surface area contributed by atoms with Crippen molar-refractivity contribution in [3.8, 4) is 0 Å². The molecule has 0 saturated heterocycles. The summed E-state index contributed by atoms with van der Waals surface area (Å²) < 4.78 is 39.2. The van der Waals surface area contributed by atoms with Crippen LogP contribution in [-0.4, -0.2) is 50.6 Å². The van der Waals surface area contributed by atoms with Gasteiger partial charge < -0.3 is 15.3 Å². The zero-order valence-corrected chi connectivity index (χ0v) is 17.3. The quantitative estimate of drug-likeness (QED) is 0.728. The number of aryl methyl sites for hydroxylation is 1.